The first-order chi connectivity index (χ1) is 8.75. The van der Waals surface area contributed by atoms with Gasteiger partial charge in [-0.3, -0.25) is 4.79 Å². The molecule has 1 saturated carbocycles. The van der Waals surface area contributed by atoms with E-state index in [2.05, 4.69) is 5.32 Å². The zero-order valence-corrected chi connectivity index (χ0v) is 12.4. The molecular formula is C14H27ClN2O2. The zero-order valence-electron chi connectivity index (χ0n) is 11.6. The number of ether oxygens (including phenoxy) is 1. The molecule has 0 spiro atoms. The fourth-order valence-electron chi connectivity index (χ4n) is 3.08. The Morgan fingerprint density at radius 3 is 2.58 bits per heavy atom. The molecule has 1 aliphatic heterocycles. The molecule has 1 heterocycles. The van der Waals surface area contributed by atoms with E-state index in [4.69, 9.17) is 10.5 Å². The lowest BCUT2D eigenvalue weighted by Gasteiger charge is -2.22. The molecule has 1 amide bonds. The van der Waals surface area contributed by atoms with Crippen molar-refractivity contribution in [2.24, 2.45) is 17.6 Å². The maximum Gasteiger partial charge on any atom is 0.220 e. The third-order valence-electron chi connectivity index (χ3n) is 4.38. The highest BCUT2D eigenvalue weighted by atomic mass is 35.5. The Kier molecular flexibility index (Phi) is 7.73. The first-order valence-electron chi connectivity index (χ1n) is 7.35. The van der Waals surface area contributed by atoms with Crippen molar-refractivity contribution in [2.45, 2.75) is 51.0 Å². The van der Waals surface area contributed by atoms with Crippen LogP contribution in [0.25, 0.3) is 0 Å². The van der Waals surface area contributed by atoms with Crippen molar-refractivity contribution in [3.8, 4) is 0 Å². The van der Waals surface area contributed by atoms with Gasteiger partial charge in [-0.05, 0) is 43.9 Å². The van der Waals surface area contributed by atoms with Crippen LogP contribution >= 0.6 is 12.4 Å². The van der Waals surface area contributed by atoms with Gasteiger partial charge in [0.1, 0.15) is 0 Å². The number of halogens is 1. The Labute approximate surface area is 122 Å². The average molecular weight is 291 g/mol. The van der Waals surface area contributed by atoms with E-state index in [9.17, 15) is 4.79 Å². The number of carbonyl (C=O) groups is 1. The second-order valence-electron chi connectivity index (χ2n) is 5.75. The van der Waals surface area contributed by atoms with Crippen LogP contribution in [-0.4, -0.2) is 31.7 Å². The third kappa shape index (κ3) is 5.67. The van der Waals surface area contributed by atoms with Crippen LogP contribution < -0.4 is 11.1 Å². The highest BCUT2D eigenvalue weighted by molar-refractivity contribution is 5.85. The summed E-state index contributed by atoms with van der Waals surface area (Å²) in [4.78, 5) is 11.8. The van der Waals surface area contributed by atoms with Crippen LogP contribution in [0.3, 0.4) is 0 Å². The van der Waals surface area contributed by atoms with E-state index < -0.39 is 0 Å². The minimum atomic E-state index is 0. The van der Waals surface area contributed by atoms with Crippen LogP contribution in [-0.2, 0) is 9.53 Å². The largest absolute Gasteiger partial charge is 0.381 e. The monoisotopic (exact) mass is 290 g/mol. The molecule has 2 fully saturated rings. The Bertz CT molecular complexity index is 270. The predicted octanol–water partition coefficient (Wildman–Crippen LogP) is 1.86. The van der Waals surface area contributed by atoms with Crippen LogP contribution in [0.1, 0.15) is 44.9 Å². The lowest BCUT2D eigenvalue weighted by atomic mass is 9.96. The molecule has 5 heteroatoms. The Morgan fingerprint density at radius 1 is 1.21 bits per heavy atom. The minimum absolute atomic E-state index is 0. The zero-order chi connectivity index (χ0) is 12.8. The quantitative estimate of drug-likeness (QED) is 0.812. The fourth-order valence-corrected chi connectivity index (χ4v) is 3.08. The van der Waals surface area contributed by atoms with Crippen molar-refractivity contribution < 1.29 is 9.53 Å². The van der Waals surface area contributed by atoms with Gasteiger partial charge in [0.15, 0.2) is 0 Å². The normalized spacial score (nSPS) is 27.8. The highest BCUT2D eigenvalue weighted by Crippen LogP contribution is 2.26. The fraction of sp³-hybridized carbons (Fsp3) is 0.929. The molecule has 1 aliphatic carbocycles. The van der Waals surface area contributed by atoms with Gasteiger partial charge in [-0.2, -0.15) is 0 Å². The van der Waals surface area contributed by atoms with E-state index >= 15 is 0 Å². The van der Waals surface area contributed by atoms with Gasteiger partial charge in [-0.1, -0.05) is 6.42 Å². The first-order valence-corrected chi connectivity index (χ1v) is 7.35. The van der Waals surface area contributed by atoms with E-state index in [1.807, 2.05) is 0 Å². The van der Waals surface area contributed by atoms with Crippen LogP contribution in [0, 0.1) is 11.8 Å². The SMILES string of the molecule is Cl.N[C@@H]1CCC[C@H]1CC(=O)NCCC1CCOCC1. The minimum Gasteiger partial charge on any atom is -0.381 e. The highest BCUT2D eigenvalue weighted by Gasteiger charge is 2.25. The van der Waals surface area contributed by atoms with Crippen LogP contribution in [0.4, 0.5) is 0 Å². The third-order valence-corrected chi connectivity index (χ3v) is 4.38. The van der Waals surface area contributed by atoms with Gasteiger partial charge in [0, 0.05) is 32.2 Å². The first kappa shape index (κ1) is 16.7. The van der Waals surface area contributed by atoms with Gasteiger partial charge in [0.25, 0.3) is 0 Å². The number of nitrogens with two attached hydrogens (primary N) is 1. The summed E-state index contributed by atoms with van der Waals surface area (Å²) in [5, 5.41) is 3.04. The Morgan fingerprint density at radius 2 is 1.95 bits per heavy atom. The maximum atomic E-state index is 11.8. The summed E-state index contributed by atoms with van der Waals surface area (Å²) in [6.45, 7) is 2.58. The van der Waals surface area contributed by atoms with E-state index in [1.165, 1.54) is 6.42 Å². The molecule has 0 aromatic rings. The van der Waals surface area contributed by atoms with Crippen LogP contribution in [0.2, 0.25) is 0 Å². The summed E-state index contributed by atoms with van der Waals surface area (Å²) in [7, 11) is 0. The summed E-state index contributed by atoms with van der Waals surface area (Å²) in [6, 6.07) is 0.242. The lowest BCUT2D eigenvalue weighted by molar-refractivity contribution is -0.122. The molecule has 0 bridgehead atoms. The second-order valence-corrected chi connectivity index (χ2v) is 5.75. The van der Waals surface area contributed by atoms with Gasteiger partial charge in [0.2, 0.25) is 5.91 Å². The molecule has 0 aromatic heterocycles. The predicted molar refractivity (Wildman–Crippen MR) is 78.4 cm³/mol. The number of rotatable bonds is 5. The van der Waals surface area contributed by atoms with Crippen molar-refractivity contribution in [1.82, 2.24) is 5.32 Å². The van der Waals surface area contributed by atoms with Crippen molar-refractivity contribution >= 4 is 18.3 Å². The molecule has 0 aromatic carbocycles. The van der Waals surface area contributed by atoms with Crippen LogP contribution in [0.5, 0.6) is 0 Å². The van der Waals surface area contributed by atoms with E-state index in [0.717, 1.165) is 57.8 Å². The molecule has 2 atom stereocenters. The second kappa shape index (κ2) is 8.77. The van der Waals surface area contributed by atoms with E-state index in [0.29, 0.717) is 12.3 Å². The lowest BCUT2D eigenvalue weighted by Crippen LogP contribution is -2.32. The van der Waals surface area contributed by atoms with Gasteiger partial charge < -0.3 is 15.8 Å². The smallest absolute Gasteiger partial charge is 0.220 e. The molecule has 2 aliphatic rings. The molecule has 1 saturated heterocycles. The van der Waals surface area contributed by atoms with Gasteiger partial charge in [-0.25, -0.2) is 0 Å². The van der Waals surface area contributed by atoms with Gasteiger partial charge in [-0.15, -0.1) is 12.4 Å². The Balaban J connectivity index is 0.00000180. The van der Waals surface area contributed by atoms with E-state index in [-0.39, 0.29) is 24.4 Å². The number of carbonyl (C=O) groups excluding carboxylic acids is 1. The van der Waals surface area contributed by atoms with Crippen molar-refractivity contribution in [1.29, 1.82) is 0 Å². The topological polar surface area (TPSA) is 64.4 Å². The number of nitrogens with one attached hydrogen (secondary N) is 1. The number of hydrogen-bond acceptors (Lipinski definition) is 3. The molecule has 3 N–H and O–H groups in total. The summed E-state index contributed by atoms with van der Waals surface area (Å²) in [5.41, 5.74) is 5.98. The summed E-state index contributed by atoms with van der Waals surface area (Å²) in [6.07, 6.45) is 7.38. The van der Waals surface area contributed by atoms with Crippen molar-refractivity contribution in [2.75, 3.05) is 19.8 Å². The molecule has 19 heavy (non-hydrogen) atoms. The van der Waals surface area contributed by atoms with Crippen molar-refractivity contribution in [3.05, 3.63) is 0 Å². The molecule has 0 radical (unpaired) electrons. The summed E-state index contributed by atoms with van der Waals surface area (Å²) in [5.74, 6) is 1.32. The molecule has 4 nitrogen and oxygen atoms in total. The molecule has 2 rings (SSSR count). The standard InChI is InChI=1S/C14H26N2O2.ClH/c15-13-3-1-2-12(13)10-14(17)16-7-4-11-5-8-18-9-6-11;/h11-13H,1-10,15H2,(H,16,17);1H/t12-,13+;/m0./s1. The summed E-state index contributed by atoms with van der Waals surface area (Å²) < 4.78 is 5.33. The van der Waals surface area contributed by atoms with Gasteiger partial charge >= 0.3 is 0 Å². The number of hydrogen-bond donors (Lipinski definition) is 2. The van der Waals surface area contributed by atoms with E-state index in [1.54, 1.807) is 0 Å². The average Bonchev–Trinajstić information content (AvgIpc) is 2.76. The molecular weight excluding hydrogens is 264 g/mol. The van der Waals surface area contributed by atoms with Crippen molar-refractivity contribution in [3.63, 3.8) is 0 Å². The van der Waals surface area contributed by atoms with Crippen LogP contribution in [0.15, 0.2) is 0 Å². The number of amides is 1. The summed E-state index contributed by atoms with van der Waals surface area (Å²) >= 11 is 0. The van der Waals surface area contributed by atoms with Gasteiger partial charge in [0.05, 0.1) is 0 Å². The maximum absolute atomic E-state index is 11.8. The molecule has 0 unspecified atom stereocenters. The Hall–Kier alpha value is -0.320. The molecule has 112 valence electrons.